The van der Waals surface area contributed by atoms with Crippen LogP contribution < -0.4 is 0 Å². The molecule has 0 spiro atoms. The zero-order valence-corrected chi connectivity index (χ0v) is 16.5. The first-order chi connectivity index (χ1) is 13.9. The van der Waals surface area contributed by atoms with Gasteiger partial charge in [-0.2, -0.15) is 13.2 Å². The topological polar surface area (TPSA) is 36.7 Å². The maximum Gasteiger partial charge on any atom is 0.471 e. The van der Waals surface area contributed by atoms with E-state index in [9.17, 15) is 18.0 Å². The molecule has 1 amide bonds. The Morgan fingerprint density at radius 3 is 2.41 bits per heavy atom. The van der Waals surface area contributed by atoms with E-state index < -0.39 is 12.1 Å². The monoisotopic (exact) mass is 408 g/mol. The fourth-order valence-corrected chi connectivity index (χ4v) is 4.75. The van der Waals surface area contributed by atoms with Gasteiger partial charge in [-0.1, -0.05) is 18.2 Å². The number of nitrogens with zero attached hydrogens (tertiary/aromatic N) is 2. The fourth-order valence-electron chi connectivity index (χ4n) is 4.75. The molecule has 7 heteroatoms. The molecule has 4 nitrogen and oxygen atoms in total. The quantitative estimate of drug-likeness (QED) is 0.729. The zero-order valence-electron chi connectivity index (χ0n) is 16.5. The van der Waals surface area contributed by atoms with E-state index >= 15 is 0 Å². The Morgan fingerprint density at radius 2 is 1.72 bits per heavy atom. The van der Waals surface area contributed by atoms with E-state index in [1.165, 1.54) is 10.9 Å². The number of rotatable bonds is 4. The van der Waals surface area contributed by atoms with Crippen molar-refractivity contribution in [1.82, 2.24) is 9.80 Å². The first-order valence-corrected chi connectivity index (χ1v) is 10.5. The van der Waals surface area contributed by atoms with Crippen LogP contribution in [0, 0.1) is 5.92 Å². The molecule has 0 atom stereocenters. The van der Waals surface area contributed by atoms with Crippen molar-refractivity contribution in [2.75, 3.05) is 32.7 Å². The molecule has 1 aromatic carbocycles. The lowest BCUT2D eigenvalue weighted by Crippen LogP contribution is -2.45. The molecule has 0 radical (unpaired) electrons. The van der Waals surface area contributed by atoms with Crippen LogP contribution in [-0.2, 0) is 4.79 Å². The smallest absolute Gasteiger partial charge is 0.464 e. The first-order valence-electron chi connectivity index (χ1n) is 10.5. The summed E-state index contributed by atoms with van der Waals surface area (Å²) in [5.74, 6) is -0.765. The van der Waals surface area contributed by atoms with Crippen LogP contribution in [0.3, 0.4) is 0 Å². The third-order valence-electron chi connectivity index (χ3n) is 6.54. The van der Waals surface area contributed by atoms with Gasteiger partial charge >= 0.3 is 12.1 Å². The van der Waals surface area contributed by atoms with Gasteiger partial charge in [-0.15, -0.1) is 0 Å². The summed E-state index contributed by atoms with van der Waals surface area (Å²) in [6.07, 6.45) is 1.68. The van der Waals surface area contributed by atoms with Gasteiger partial charge in [-0.05, 0) is 69.6 Å². The molecule has 2 aliphatic rings. The van der Waals surface area contributed by atoms with Crippen LogP contribution in [0.25, 0.3) is 11.0 Å². The van der Waals surface area contributed by atoms with Crippen molar-refractivity contribution in [3.05, 3.63) is 36.1 Å². The summed E-state index contributed by atoms with van der Waals surface area (Å²) in [4.78, 5) is 14.7. The molecule has 0 unspecified atom stereocenters. The van der Waals surface area contributed by atoms with Gasteiger partial charge in [0.15, 0.2) is 0 Å². The first kappa shape index (κ1) is 20.3. The standard InChI is InChI=1S/C22H27F3N2O2/c23-22(24,25)21(28)27-13-6-16(7-14-27)5-10-26-11-8-17(9-12-26)19-15-29-20-4-2-1-3-18(19)20/h1-4,15-17H,5-14H2. The van der Waals surface area contributed by atoms with Crippen LogP contribution >= 0.6 is 0 Å². The summed E-state index contributed by atoms with van der Waals surface area (Å²) in [6.45, 7) is 3.50. The number of hydrogen-bond acceptors (Lipinski definition) is 3. The number of likely N-dealkylation sites (tertiary alicyclic amines) is 2. The number of furan rings is 1. The molecule has 2 aliphatic heterocycles. The van der Waals surface area contributed by atoms with E-state index in [1.807, 2.05) is 24.5 Å². The third kappa shape index (κ3) is 4.60. The normalized spacial score (nSPS) is 20.4. The maximum absolute atomic E-state index is 12.5. The minimum absolute atomic E-state index is 0.221. The van der Waals surface area contributed by atoms with Gasteiger partial charge in [0.2, 0.25) is 0 Å². The van der Waals surface area contributed by atoms with Crippen LogP contribution in [0.2, 0.25) is 0 Å². The Labute approximate surface area is 168 Å². The number of piperidine rings is 2. The molecule has 2 aromatic rings. The van der Waals surface area contributed by atoms with Gasteiger partial charge < -0.3 is 14.2 Å². The van der Waals surface area contributed by atoms with E-state index in [2.05, 4.69) is 11.0 Å². The van der Waals surface area contributed by atoms with E-state index in [1.54, 1.807) is 0 Å². The predicted octanol–water partition coefficient (Wildman–Crippen LogP) is 4.80. The Bertz CT molecular complexity index is 832. The van der Waals surface area contributed by atoms with Crippen molar-refractivity contribution in [3.8, 4) is 0 Å². The van der Waals surface area contributed by atoms with Crippen molar-refractivity contribution < 1.29 is 22.4 Å². The summed E-state index contributed by atoms with van der Waals surface area (Å²) in [5.41, 5.74) is 2.25. The van der Waals surface area contributed by atoms with Crippen molar-refractivity contribution in [1.29, 1.82) is 0 Å². The second-order valence-electron chi connectivity index (χ2n) is 8.33. The number of para-hydroxylation sites is 1. The largest absolute Gasteiger partial charge is 0.471 e. The Balaban J connectivity index is 1.21. The summed E-state index contributed by atoms with van der Waals surface area (Å²) in [5, 5.41) is 1.21. The van der Waals surface area contributed by atoms with Gasteiger partial charge in [0.25, 0.3) is 0 Å². The highest BCUT2D eigenvalue weighted by atomic mass is 19.4. The van der Waals surface area contributed by atoms with Crippen molar-refractivity contribution in [3.63, 3.8) is 0 Å². The van der Waals surface area contributed by atoms with Gasteiger partial charge in [0, 0.05) is 24.0 Å². The summed E-state index contributed by atoms with van der Waals surface area (Å²) >= 11 is 0. The lowest BCUT2D eigenvalue weighted by molar-refractivity contribution is -0.186. The van der Waals surface area contributed by atoms with Crippen LogP contribution in [0.4, 0.5) is 13.2 Å². The number of carbonyl (C=O) groups excluding carboxylic acids is 1. The Morgan fingerprint density at radius 1 is 1.03 bits per heavy atom. The Hall–Kier alpha value is -2.02. The number of amides is 1. The van der Waals surface area contributed by atoms with Crippen molar-refractivity contribution in [2.45, 2.75) is 44.2 Å². The van der Waals surface area contributed by atoms with Crippen molar-refractivity contribution in [2.24, 2.45) is 5.92 Å². The van der Waals surface area contributed by atoms with Gasteiger partial charge in [0.1, 0.15) is 5.58 Å². The Kier molecular flexibility index (Phi) is 5.86. The average Bonchev–Trinajstić information content (AvgIpc) is 3.16. The molecule has 3 heterocycles. The lowest BCUT2D eigenvalue weighted by Gasteiger charge is -2.35. The minimum atomic E-state index is -4.75. The summed E-state index contributed by atoms with van der Waals surface area (Å²) in [7, 11) is 0. The van der Waals surface area contributed by atoms with Gasteiger partial charge in [0.05, 0.1) is 6.26 Å². The summed E-state index contributed by atoms with van der Waals surface area (Å²) in [6, 6.07) is 8.16. The molecule has 29 heavy (non-hydrogen) atoms. The lowest BCUT2D eigenvalue weighted by atomic mass is 9.88. The van der Waals surface area contributed by atoms with Gasteiger partial charge in [-0.3, -0.25) is 4.79 Å². The highest BCUT2D eigenvalue weighted by molar-refractivity contribution is 5.82. The third-order valence-corrected chi connectivity index (χ3v) is 6.54. The van der Waals surface area contributed by atoms with E-state index in [0.717, 1.165) is 49.4 Å². The molecular formula is C22H27F3N2O2. The number of fused-ring (bicyclic) bond motifs is 1. The highest BCUT2D eigenvalue weighted by Crippen LogP contribution is 2.34. The van der Waals surface area contributed by atoms with E-state index in [-0.39, 0.29) is 13.1 Å². The number of halogens is 3. The molecule has 0 saturated carbocycles. The number of alkyl halides is 3. The molecule has 2 saturated heterocycles. The van der Waals surface area contributed by atoms with Gasteiger partial charge in [-0.25, -0.2) is 0 Å². The number of carbonyl (C=O) groups is 1. The molecule has 0 aliphatic carbocycles. The van der Waals surface area contributed by atoms with E-state index in [0.29, 0.717) is 24.7 Å². The number of hydrogen-bond donors (Lipinski definition) is 0. The SMILES string of the molecule is O=C(N1CCC(CCN2CCC(c3coc4ccccc34)CC2)CC1)C(F)(F)F. The fraction of sp³-hybridized carbons (Fsp3) is 0.591. The number of benzene rings is 1. The molecule has 4 rings (SSSR count). The summed E-state index contributed by atoms with van der Waals surface area (Å²) < 4.78 is 43.3. The molecule has 1 aromatic heterocycles. The average molecular weight is 408 g/mol. The van der Waals surface area contributed by atoms with Crippen molar-refractivity contribution >= 4 is 16.9 Å². The second-order valence-corrected chi connectivity index (χ2v) is 8.33. The predicted molar refractivity (Wildman–Crippen MR) is 105 cm³/mol. The molecule has 158 valence electrons. The highest BCUT2D eigenvalue weighted by Gasteiger charge is 2.43. The molecule has 2 fully saturated rings. The van der Waals surface area contributed by atoms with Crippen LogP contribution in [0.5, 0.6) is 0 Å². The molecule has 0 N–H and O–H groups in total. The maximum atomic E-state index is 12.5. The van der Waals surface area contributed by atoms with Crippen LogP contribution in [-0.4, -0.2) is 54.6 Å². The molecule has 0 bridgehead atoms. The molecular weight excluding hydrogens is 381 g/mol. The van der Waals surface area contributed by atoms with E-state index in [4.69, 9.17) is 4.42 Å². The van der Waals surface area contributed by atoms with Crippen LogP contribution in [0.1, 0.15) is 43.6 Å². The van der Waals surface area contributed by atoms with Crippen LogP contribution in [0.15, 0.2) is 34.9 Å². The minimum Gasteiger partial charge on any atom is -0.464 e. The zero-order chi connectivity index (χ0) is 20.4. The second kappa shape index (κ2) is 8.38.